The second-order valence-corrected chi connectivity index (χ2v) is 4.30. The normalized spacial score (nSPS) is 19.1. The van der Waals surface area contributed by atoms with Crippen LogP contribution in [0.3, 0.4) is 0 Å². The predicted molar refractivity (Wildman–Crippen MR) is 69.2 cm³/mol. The number of hydrogen-bond acceptors (Lipinski definition) is 4. The lowest BCUT2D eigenvalue weighted by Crippen LogP contribution is -2.33. The number of nitrogens with zero attached hydrogens (tertiary/aromatic N) is 1. The molecule has 1 fully saturated rings. The van der Waals surface area contributed by atoms with E-state index in [1.807, 2.05) is 18.2 Å². The summed E-state index contributed by atoms with van der Waals surface area (Å²) in [4.78, 5) is 2.27. The van der Waals surface area contributed by atoms with Crippen LogP contribution < -0.4 is 19.7 Å². The molecule has 0 spiro atoms. The first-order valence-electron chi connectivity index (χ1n) is 5.92. The Hall–Kier alpha value is -1.42. The van der Waals surface area contributed by atoms with Crippen LogP contribution in [0, 0.1) is 0 Å². The second-order valence-electron chi connectivity index (χ2n) is 4.30. The molecule has 1 aromatic carbocycles. The van der Waals surface area contributed by atoms with Crippen molar-refractivity contribution >= 4 is 5.69 Å². The van der Waals surface area contributed by atoms with E-state index in [0.29, 0.717) is 6.04 Å². The van der Waals surface area contributed by atoms with E-state index in [1.54, 1.807) is 14.2 Å². The first-order chi connectivity index (χ1) is 8.26. The highest BCUT2D eigenvalue weighted by Gasteiger charge is 2.22. The fourth-order valence-corrected chi connectivity index (χ4v) is 2.24. The Balaban J connectivity index is 2.27. The SMILES string of the molecule is COc1ccc(OC)c(N(C)C2CCNC2)c1. The summed E-state index contributed by atoms with van der Waals surface area (Å²) in [6.07, 6.45) is 1.16. The average molecular weight is 236 g/mol. The van der Waals surface area contributed by atoms with Gasteiger partial charge in [0.1, 0.15) is 11.5 Å². The molecule has 1 aliphatic rings. The number of likely N-dealkylation sites (N-methyl/N-ethyl adjacent to an activating group) is 1. The smallest absolute Gasteiger partial charge is 0.142 e. The minimum absolute atomic E-state index is 0.524. The number of hydrogen-bond donors (Lipinski definition) is 1. The lowest BCUT2D eigenvalue weighted by atomic mass is 10.2. The molecule has 0 bridgehead atoms. The third kappa shape index (κ3) is 2.47. The van der Waals surface area contributed by atoms with Crippen LogP contribution in [0.5, 0.6) is 11.5 Å². The lowest BCUT2D eigenvalue weighted by molar-refractivity contribution is 0.402. The molecule has 4 heteroatoms. The van der Waals surface area contributed by atoms with Crippen LogP contribution in [0.2, 0.25) is 0 Å². The number of methoxy groups -OCH3 is 2. The highest BCUT2D eigenvalue weighted by molar-refractivity contribution is 5.62. The molecule has 0 radical (unpaired) electrons. The zero-order valence-corrected chi connectivity index (χ0v) is 10.7. The van der Waals surface area contributed by atoms with Crippen molar-refractivity contribution in [2.45, 2.75) is 12.5 Å². The Morgan fingerprint density at radius 1 is 1.29 bits per heavy atom. The molecular formula is C13H20N2O2. The summed E-state index contributed by atoms with van der Waals surface area (Å²) in [5, 5.41) is 3.38. The summed E-state index contributed by atoms with van der Waals surface area (Å²) < 4.78 is 10.7. The fourth-order valence-electron chi connectivity index (χ4n) is 2.24. The van der Waals surface area contributed by atoms with Gasteiger partial charge in [0, 0.05) is 25.7 Å². The van der Waals surface area contributed by atoms with Crippen molar-refractivity contribution in [3.8, 4) is 11.5 Å². The highest BCUT2D eigenvalue weighted by atomic mass is 16.5. The van der Waals surface area contributed by atoms with Gasteiger partial charge in [-0.2, -0.15) is 0 Å². The van der Waals surface area contributed by atoms with Gasteiger partial charge in [-0.1, -0.05) is 0 Å². The summed E-state index contributed by atoms with van der Waals surface area (Å²) in [7, 11) is 5.49. The van der Waals surface area contributed by atoms with E-state index in [2.05, 4.69) is 17.3 Å². The lowest BCUT2D eigenvalue weighted by Gasteiger charge is -2.27. The summed E-state index contributed by atoms with van der Waals surface area (Å²) in [5.41, 5.74) is 1.08. The van der Waals surface area contributed by atoms with Crippen molar-refractivity contribution in [3.05, 3.63) is 18.2 Å². The van der Waals surface area contributed by atoms with Crippen LogP contribution in [-0.2, 0) is 0 Å². The van der Waals surface area contributed by atoms with Crippen LogP contribution in [0.25, 0.3) is 0 Å². The van der Waals surface area contributed by atoms with Crippen molar-refractivity contribution < 1.29 is 9.47 Å². The maximum absolute atomic E-state index is 5.41. The molecule has 1 saturated heterocycles. The van der Waals surface area contributed by atoms with Gasteiger partial charge in [0.15, 0.2) is 0 Å². The maximum atomic E-state index is 5.41. The molecule has 1 aromatic rings. The Morgan fingerprint density at radius 2 is 2.12 bits per heavy atom. The van der Waals surface area contributed by atoms with Crippen molar-refractivity contribution in [3.63, 3.8) is 0 Å². The van der Waals surface area contributed by atoms with Crippen LogP contribution in [0.1, 0.15) is 6.42 Å². The minimum atomic E-state index is 0.524. The number of nitrogens with one attached hydrogen (secondary N) is 1. The van der Waals surface area contributed by atoms with Gasteiger partial charge in [-0.3, -0.25) is 0 Å². The molecule has 94 valence electrons. The Labute approximate surface area is 103 Å². The van der Waals surface area contributed by atoms with E-state index < -0.39 is 0 Å². The monoisotopic (exact) mass is 236 g/mol. The van der Waals surface area contributed by atoms with E-state index in [9.17, 15) is 0 Å². The largest absolute Gasteiger partial charge is 0.497 e. The van der Waals surface area contributed by atoms with Crippen LogP contribution in [-0.4, -0.2) is 40.4 Å². The zero-order chi connectivity index (χ0) is 12.3. The molecule has 2 rings (SSSR count). The molecule has 1 atom stereocenters. The standard InChI is InChI=1S/C13H20N2O2/c1-15(10-6-7-14-9-10)12-8-11(16-2)4-5-13(12)17-3/h4-5,8,10,14H,6-7,9H2,1-3H3. The Morgan fingerprint density at radius 3 is 2.71 bits per heavy atom. The van der Waals surface area contributed by atoms with Crippen LogP contribution in [0.4, 0.5) is 5.69 Å². The number of anilines is 1. The highest BCUT2D eigenvalue weighted by Crippen LogP contribution is 2.33. The maximum Gasteiger partial charge on any atom is 0.142 e. The fraction of sp³-hybridized carbons (Fsp3) is 0.538. The molecule has 1 aliphatic heterocycles. The Bertz CT molecular complexity index is 376. The second kappa shape index (κ2) is 5.27. The molecule has 1 unspecified atom stereocenters. The van der Waals surface area contributed by atoms with Crippen molar-refractivity contribution in [2.24, 2.45) is 0 Å². The molecule has 0 saturated carbocycles. The summed E-state index contributed by atoms with van der Waals surface area (Å²) in [6, 6.07) is 6.42. The first-order valence-corrected chi connectivity index (χ1v) is 5.92. The molecule has 17 heavy (non-hydrogen) atoms. The average Bonchev–Trinajstić information content (AvgIpc) is 2.91. The number of ether oxygens (including phenoxy) is 2. The van der Waals surface area contributed by atoms with Gasteiger partial charge in [-0.05, 0) is 25.1 Å². The van der Waals surface area contributed by atoms with Gasteiger partial charge in [-0.25, -0.2) is 0 Å². The molecule has 1 N–H and O–H groups in total. The third-order valence-electron chi connectivity index (χ3n) is 3.35. The van der Waals surface area contributed by atoms with Gasteiger partial charge < -0.3 is 19.7 Å². The summed E-state index contributed by atoms with van der Waals surface area (Å²) in [5.74, 6) is 1.75. The predicted octanol–water partition coefficient (Wildman–Crippen LogP) is 1.50. The summed E-state index contributed by atoms with van der Waals surface area (Å²) in [6.45, 7) is 2.11. The van der Waals surface area contributed by atoms with Crippen LogP contribution in [0.15, 0.2) is 18.2 Å². The van der Waals surface area contributed by atoms with E-state index in [1.165, 1.54) is 0 Å². The molecule has 0 aliphatic carbocycles. The van der Waals surface area contributed by atoms with Gasteiger partial charge in [0.2, 0.25) is 0 Å². The number of benzene rings is 1. The van der Waals surface area contributed by atoms with Gasteiger partial charge in [-0.15, -0.1) is 0 Å². The van der Waals surface area contributed by atoms with Gasteiger partial charge in [0.25, 0.3) is 0 Å². The van der Waals surface area contributed by atoms with E-state index >= 15 is 0 Å². The van der Waals surface area contributed by atoms with Gasteiger partial charge in [0.05, 0.1) is 19.9 Å². The molecule has 1 heterocycles. The molecule has 0 aromatic heterocycles. The van der Waals surface area contributed by atoms with Gasteiger partial charge >= 0.3 is 0 Å². The van der Waals surface area contributed by atoms with Crippen molar-refractivity contribution in [2.75, 3.05) is 39.3 Å². The summed E-state index contributed by atoms with van der Waals surface area (Å²) >= 11 is 0. The molecular weight excluding hydrogens is 216 g/mol. The molecule has 4 nitrogen and oxygen atoms in total. The quantitative estimate of drug-likeness (QED) is 0.859. The minimum Gasteiger partial charge on any atom is -0.497 e. The van der Waals surface area contributed by atoms with Crippen LogP contribution >= 0.6 is 0 Å². The van der Waals surface area contributed by atoms with E-state index in [4.69, 9.17) is 9.47 Å². The van der Waals surface area contributed by atoms with E-state index in [0.717, 1.165) is 36.7 Å². The zero-order valence-electron chi connectivity index (χ0n) is 10.7. The third-order valence-corrected chi connectivity index (χ3v) is 3.35. The topological polar surface area (TPSA) is 33.7 Å². The number of rotatable bonds is 4. The Kier molecular flexibility index (Phi) is 3.74. The van der Waals surface area contributed by atoms with Crippen molar-refractivity contribution in [1.82, 2.24) is 5.32 Å². The van der Waals surface area contributed by atoms with Crippen molar-refractivity contribution in [1.29, 1.82) is 0 Å². The molecule has 0 amide bonds. The first kappa shape index (κ1) is 12.0. The van der Waals surface area contributed by atoms with E-state index in [-0.39, 0.29) is 0 Å².